The molecule has 0 amide bonds. The van der Waals surface area contributed by atoms with Crippen LogP contribution in [0, 0.1) is 0 Å². The summed E-state index contributed by atoms with van der Waals surface area (Å²) in [7, 11) is 1.68. The molecular weight excluding hydrogens is 196 g/mol. The van der Waals surface area contributed by atoms with Crippen LogP contribution in [0.4, 0.5) is 0 Å². The highest BCUT2D eigenvalue weighted by atomic mass is 35.5. The molecular formula is C12H11ClO. The summed E-state index contributed by atoms with van der Waals surface area (Å²) in [4.78, 5) is 0. The summed E-state index contributed by atoms with van der Waals surface area (Å²) in [6.45, 7) is 0. The summed E-state index contributed by atoms with van der Waals surface area (Å²) in [5.41, 5.74) is 1.11. The Morgan fingerprint density at radius 2 is 2.07 bits per heavy atom. The predicted octanol–water partition coefficient (Wildman–Crippen LogP) is 3.59. The molecule has 0 aromatic heterocycles. The lowest BCUT2D eigenvalue weighted by molar-refractivity contribution is 0.420. The molecule has 14 heavy (non-hydrogen) atoms. The molecule has 0 radical (unpaired) electrons. The zero-order chi connectivity index (χ0) is 9.97. The summed E-state index contributed by atoms with van der Waals surface area (Å²) in [5.74, 6) is 1.43. The van der Waals surface area contributed by atoms with Crippen molar-refractivity contribution in [3.8, 4) is 5.75 Å². The molecule has 0 N–H and O–H groups in total. The molecule has 0 aliphatic carbocycles. The highest BCUT2D eigenvalue weighted by molar-refractivity contribution is 6.17. The number of fused-ring (bicyclic) bond motifs is 1. The Kier molecular flexibility index (Phi) is 2.60. The van der Waals surface area contributed by atoms with E-state index < -0.39 is 0 Å². The maximum atomic E-state index is 5.78. The first kappa shape index (κ1) is 9.35. The Morgan fingerprint density at radius 3 is 2.79 bits per heavy atom. The quantitative estimate of drug-likeness (QED) is 0.683. The lowest BCUT2D eigenvalue weighted by atomic mass is 10.1. The van der Waals surface area contributed by atoms with Crippen LogP contribution in [-0.4, -0.2) is 7.11 Å². The third kappa shape index (κ3) is 1.55. The van der Waals surface area contributed by atoms with E-state index in [1.165, 1.54) is 5.39 Å². The van der Waals surface area contributed by atoms with Gasteiger partial charge in [0, 0.05) is 11.3 Å². The van der Waals surface area contributed by atoms with Crippen molar-refractivity contribution in [2.45, 2.75) is 5.88 Å². The predicted molar refractivity (Wildman–Crippen MR) is 60.1 cm³/mol. The van der Waals surface area contributed by atoms with Gasteiger partial charge in [-0.1, -0.05) is 24.3 Å². The highest BCUT2D eigenvalue weighted by Gasteiger charge is 2.01. The summed E-state index contributed by atoms with van der Waals surface area (Å²) >= 11 is 5.78. The van der Waals surface area contributed by atoms with Crippen LogP contribution in [0.5, 0.6) is 5.75 Å². The van der Waals surface area contributed by atoms with Gasteiger partial charge in [0.25, 0.3) is 0 Å². The molecule has 0 fully saturated rings. The third-order valence-corrected chi connectivity index (χ3v) is 2.59. The van der Waals surface area contributed by atoms with Crippen LogP contribution >= 0.6 is 11.6 Å². The minimum absolute atomic E-state index is 0.536. The Labute approximate surface area is 88.3 Å². The fourth-order valence-electron chi connectivity index (χ4n) is 1.55. The average molecular weight is 207 g/mol. The molecule has 1 nitrogen and oxygen atoms in total. The van der Waals surface area contributed by atoms with Crippen molar-refractivity contribution in [3.63, 3.8) is 0 Å². The van der Waals surface area contributed by atoms with E-state index >= 15 is 0 Å². The van der Waals surface area contributed by atoms with Gasteiger partial charge in [-0.3, -0.25) is 0 Å². The second kappa shape index (κ2) is 3.89. The van der Waals surface area contributed by atoms with Gasteiger partial charge in [0.15, 0.2) is 0 Å². The number of hydrogen-bond donors (Lipinski definition) is 0. The van der Waals surface area contributed by atoms with Gasteiger partial charge < -0.3 is 4.74 Å². The minimum Gasteiger partial charge on any atom is -0.496 e. The second-order valence-corrected chi connectivity index (χ2v) is 3.42. The molecule has 0 aliphatic heterocycles. The van der Waals surface area contributed by atoms with Crippen molar-refractivity contribution in [3.05, 3.63) is 42.0 Å². The first-order valence-corrected chi connectivity index (χ1v) is 5.00. The molecule has 0 saturated carbocycles. The molecule has 2 rings (SSSR count). The summed E-state index contributed by atoms with van der Waals surface area (Å²) in [6.07, 6.45) is 0. The van der Waals surface area contributed by atoms with E-state index in [-0.39, 0.29) is 0 Å². The zero-order valence-electron chi connectivity index (χ0n) is 7.96. The standard InChI is InChI=1S/C12H11ClO/c1-14-12-4-2-3-10-6-5-9(8-13)7-11(10)12/h2-7H,8H2,1H3. The maximum Gasteiger partial charge on any atom is 0.126 e. The largest absolute Gasteiger partial charge is 0.496 e. The Morgan fingerprint density at radius 1 is 1.21 bits per heavy atom. The molecule has 0 saturated heterocycles. The van der Waals surface area contributed by atoms with Gasteiger partial charge in [0.1, 0.15) is 5.75 Å². The van der Waals surface area contributed by atoms with Gasteiger partial charge in [-0.2, -0.15) is 0 Å². The fraction of sp³-hybridized carbons (Fsp3) is 0.167. The van der Waals surface area contributed by atoms with Crippen molar-refractivity contribution in [2.24, 2.45) is 0 Å². The molecule has 0 spiro atoms. The van der Waals surface area contributed by atoms with Crippen LogP contribution < -0.4 is 4.74 Å². The van der Waals surface area contributed by atoms with Gasteiger partial charge in [0.05, 0.1) is 7.11 Å². The molecule has 0 atom stereocenters. The van der Waals surface area contributed by atoms with Crippen molar-refractivity contribution in [1.29, 1.82) is 0 Å². The van der Waals surface area contributed by atoms with E-state index in [4.69, 9.17) is 16.3 Å². The van der Waals surface area contributed by atoms with Gasteiger partial charge >= 0.3 is 0 Å². The van der Waals surface area contributed by atoms with Crippen molar-refractivity contribution >= 4 is 22.4 Å². The van der Waals surface area contributed by atoms with Gasteiger partial charge in [0.2, 0.25) is 0 Å². The lowest BCUT2D eigenvalue weighted by Crippen LogP contribution is -1.85. The normalized spacial score (nSPS) is 10.4. The number of hydrogen-bond acceptors (Lipinski definition) is 1. The SMILES string of the molecule is COc1cccc2ccc(CCl)cc12. The number of ether oxygens (including phenoxy) is 1. The van der Waals surface area contributed by atoms with Crippen molar-refractivity contribution < 1.29 is 4.74 Å². The van der Waals surface area contributed by atoms with Crippen molar-refractivity contribution in [2.75, 3.05) is 7.11 Å². The van der Waals surface area contributed by atoms with E-state index in [2.05, 4.69) is 18.2 Å². The topological polar surface area (TPSA) is 9.23 Å². The van der Waals surface area contributed by atoms with Gasteiger partial charge in [-0.15, -0.1) is 11.6 Å². The molecule has 0 heterocycles. The number of methoxy groups -OCH3 is 1. The van der Waals surface area contributed by atoms with Crippen LogP contribution in [0.2, 0.25) is 0 Å². The van der Waals surface area contributed by atoms with Crippen LogP contribution in [-0.2, 0) is 5.88 Å². The van der Waals surface area contributed by atoms with E-state index in [9.17, 15) is 0 Å². The molecule has 2 aromatic carbocycles. The first-order chi connectivity index (χ1) is 6.85. The molecule has 2 aromatic rings. The van der Waals surface area contributed by atoms with Crippen LogP contribution in [0.1, 0.15) is 5.56 Å². The molecule has 0 bridgehead atoms. The molecule has 0 unspecified atom stereocenters. The van der Waals surface area contributed by atoms with E-state index in [0.29, 0.717) is 5.88 Å². The maximum absolute atomic E-state index is 5.78. The Hall–Kier alpha value is -1.21. The van der Waals surface area contributed by atoms with Crippen LogP contribution in [0.25, 0.3) is 10.8 Å². The average Bonchev–Trinajstić information content (AvgIpc) is 2.27. The number of halogens is 1. The number of benzene rings is 2. The monoisotopic (exact) mass is 206 g/mol. The van der Waals surface area contributed by atoms with E-state index in [1.54, 1.807) is 7.11 Å². The Bertz CT molecular complexity index is 451. The molecule has 72 valence electrons. The fourth-order valence-corrected chi connectivity index (χ4v) is 1.72. The van der Waals surface area contributed by atoms with Crippen LogP contribution in [0.3, 0.4) is 0 Å². The highest BCUT2D eigenvalue weighted by Crippen LogP contribution is 2.26. The first-order valence-electron chi connectivity index (χ1n) is 4.47. The molecule has 0 aliphatic rings. The minimum atomic E-state index is 0.536. The summed E-state index contributed by atoms with van der Waals surface area (Å²) < 4.78 is 5.28. The zero-order valence-corrected chi connectivity index (χ0v) is 8.71. The summed E-state index contributed by atoms with van der Waals surface area (Å²) in [6, 6.07) is 12.2. The lowest BCUT2D eigenvalue weighted by Gasteiger charge is -2.06. The van der Waals surface area contributed by atoms with E-state index in [0.717, 1.165) is 16.7 Å². The summed E-state index contributed by atoms with van der Waals surface area (Å²) in [5, 5.41) is 2.30. The Balaban J connectivity index is 2.70. The van der Waals surface area contributed by atoms with Crippen molar-refractivity contribution in [1.82, 2.24) is 0 Å². The molecule has 2 heteroatoms. The second-order valence-electron chi connectivity index (χ2n) is 3.15. The number of alkyl halides is 1. The smallest absolute Gasteiger partial charge is 0.126 e. The van der Waals surface area contributed by atoms with Gasteiger partial charge in [-0.05, 0) is 23.1 Å². The van der Waals surface area contributed by atoms with Crippen LogP contribution in [0.15, 0.2) is 36.4 Å². The van der Waals surface area contributed by atoms with Gasteiger partial charge in [-0.25, -0.2) is 0 Å². The van der Waals surface area contributed by atoms with E-state index in [1.807, 2.05) is 18.2 Å². The number of rotatable bonds is 2. The third-order valence-electron chi connectivity index (χ3n) is 2.28.